The van der Waals surface area contributed by atoms with Crippen LogP contribution in [0.2, 0.25) is 0 Å². The first-order chi connectivity index (χ1) is 12.5. The summed E-state index contributed by atoms with van der Waals surface area (Å²) in [5.41, 5.74) is 7.05. The van der Waals surface area contributed by atoms with E-state index in [-0.39, 0.29) is 5.91 Å². The van der Waals surface area contributed by atoms with E-state index in [2.05, 4.69) is 62.0 Å². The molecule has 1 aliphatic rings. The maximum atomic E-state index is 12.8. The number of carbonyl (C=O) groups excluding carboxylic acids is 1. The first-order valence-electron chi connectivity index (χ1n) is 9.14. The van der Waals surface area contributed by atoms with Crippen molar-refractivity contribution in [3.63, 3.8) is 0 Å². The van der Waals surface area contributed by atoms with Gasteiger partial charge in [0, 0.05) is 48.4 Å². The van der Waals surface area contributed by atoms with Gasteiger partial charge < -0.3 is 9.47 Å². The fraction of sp³-hybridized carbons (Fsp3) is 0.261. The molecule has 0 atom stereocenters. The number of aryl methyl sites for hydroxylation is 3. The van der Waals surface area contributed by atoms with Gasteiger partial charge in [0.15, 0.2) is 0 Å². The van der Waals surface area contributed by atoms with Gasteiger partial charge in [-0.3, -0.25) is 4.79 Å². The van der Waals surface area contributed by atoms with Crippen LogP contribution in [-0.4, -0.2) is 28.5 Å². The van der Waals surface area contributed by atoms with Crippen molar-refractivity contribution >= 4 is 22.4 Å². The highest BCUT2D eigenvalue weighted by molar-refractivity contribution is 5.96. The molecule has 1 aromatic heterocycles. The molecule has 1 aliphatic heterocycles. The minimum atomic E-state index is 0.126. The van der Waals surface area contributed by atoms with Crippen LogP contribution in [0.4, 0.5) is 0 Å². The molecule has 0 radical (unpaired) electrons. The first kappa shape index (κ1) is 16.6. The lowest BCUT2D eigenvalue weighted by Crippen LogP contribution is -2.34. The molecule has 4 rings (SSSR count). The van der Waals surface area contributed by atoms with Gasteiger partial charge in [-0.25, -0.2) is 0 Å². The van der Waals surface area contributed by atoms with E-state index in [1.165, 1.54) is 33.2 Å². The predicted octanol–water partition coefficient (Wildman–Crippen LogP) is 4.72. The third-order valence-electron chi connectivity index (χ3n) is 5.49. The Kier molecular flexibility index (Phi) is 4.15. The molecule has 3 nitrogen and oxygen atoms in total. The van der Waals surface area contributed by atoms with Gasteiger partial charge in [0.2, 0.25) is 0 Å². The number of hydrogen-bond donors (Lipinski definition) is 0. The van der Waals surface area contributed by atoms with Crippen molar-refractivity contribution < 1.29 is 4.79 Å². The Bertz CT molecular complexity index is 1030. The number of fused-ring (bicyclic) bond motifs is 1. The van der Waals surface area contributed by atoms with Crippen LogP contribution >= 0.6 is 0 Å². The van der Waals surface area contributed by atoms with Gasteiger partial charge in [0.1, 0.15) is 0 Å². The van der Waals surface area contributed by atoms with E-state index < -0.39 is 0 Å². The molecule has 0 spiro atoms. The summed E-state index contributed by atoms with van der Waals surface area (Å²) in [6.07, 6.45) is 5.31. The molecule has 0 N–H and O–H groups in total. The summed E-state index contributed by atoms with van der Waals surface area (Å²) in [5.74, 6) is 0.126. The fourth-order valence-electron chi connectivity index (χ4n) is 3.75. The minimum Gasteiger partial charge on any atom is -0.350 e. The molecule has 0 bridgehead atoms. The Balaban J connectivity index is 1.58. The van der Waals surface area contributed by atoms with E-state index in [0.717, 1.165) is 18.5 Å². The van der Waals surface area contributed by atoms with Crippen molar-refractivity contribution in [3.8, 4) is 0 Å². The Morgan fingerprint density at radius 3 is 2.58 bits per heavy atom. The molecule has 0 saturated carbocycles. The van der Waals surface area contributed by atoms with Crippen molar-refractivity contribution in [2.75, 3.05) is 13.1 Å². The third-order valence-corrected chi connectivity index (χ3v) is 5.49. The number of amides is 1. The SMILES string of the molecule is Cc1ccc(C(=O)N2CC=C(c3cn(C)c4ccccc34)CC2)cc1C. The highest BCUT2D eigenvalue weighted by Gasteiger charge is 2.21. The number of carbonyl (C=O) groups is 1. The number of nitrogens with zero attached hydrogens (tertiary/aromatic N) is 2. The highest BCUT2D eigenvalue weighted by atomic mass is 16.2. The van der Waals surface area contributed by atoms with Crippen LogP contribution < -0.4 is 0 Å². The molecule has 3 aromatic rings. The number of aromatic nitrogens is 1. The summed E-state index contributed by atoms with van der Waals surface area (Å²) < 4.78 is 2.18. The Morgan fingerprint density at radius 1 is 1.04 bits per heavy atom. The Labute approximate surface area is 154 Å². The van der Waals surface area contributed by atoms with Gasteiger partial charge in [0.25, 0.3) is 5.91 Å². The average Bonchev–Trinajstić information content (AvgIpc) is 3.01. The van der Waals surface area contributed by atoms with Crippen LogP contribution in [-0.2, 0) is 7.05 Å². The molecule has 2 heterocycles. The molecule has 26 heavy (non-hydrogen) atoms. The second-order valence-electron chi connectivity index (χ2n) is 7.20. The predicted molar refractivity (Wildman–Crippen MR) is 107 cm³/mol. The van der Waals surface area contributed by atoms with Crippen molar-refractivity contribution in [3.05, 3.63) is 77.0 Å². The summed E-state index contributed by atoms with van der Waals surface area (Å²) >= 11 is 0. The summed E-state index contributed by atoms with van der Waals surface area (Å²) in [6.45, 7) is 5.57. The second kappa shape index (κ2) is 6.49. The van der Waals surface area contributed by atoms with E-state index in [9.17, 15) is 4.79 Å². The zero-order valence-corrected chi connectivity index (χ0v) is 15.6. The molecular formula is C23H24N2O. The van der Waals surface area contributed by atoms with E-state index >= 15 is 0 Å². The van der Waals surface area contributed by atoms with E-state index in [1.807, 2.05) is 23.1 Å². The largest absolute Gasteiger partial charge is 0.350 e. The lowest BCUT2D eigenvalue weighted by Gasteiger charge is -2.27. The van der Waals surface area contributed by atoms with E-state index in [4.69, 9.17) is 0 Å². The monoisotopic (exact) mass is 344 g/mol. The van der Waals surface area contributed by atoms with Crippen molar-refractivity contribution in [1.82, 2.24) is 9.47 Å². The number of hydrogen-bond acceptors (Lipinski definition) is 1. The Morgan fingerprint density at radius 2 is 1.85 bits per heavy atom. The normalized spacial score (nSPS) is 14.6. The summed E-state index contributed by atoms with van der Waals surface area (Å²) in [7, 11) is 2.09. The number of para-hydroxylation sites is 1. The smallest absolute Gasteiger partial charge is 0.254 e. The van der Waals surface area contributed by atoms with Crippen LogP contribution in [0, 0.1) is 13.8 Å². The van der Waals surface area contributed by atoms with Gasteiger partial charge >= 0.3 is 0 Å². The number of rotatable bonds is 2. The maximum absolute atomic E-state index is 12.8. The topological polar surface area (TPSA) is 25.2 Å². The molecule has 0 aliphatic carbocycles. The maximum Gasteiger partial charge on any atom is 0.254 e. The van der Waals surface area contributed by atoms with Gasteiger partial charge in [0.05, 0.1) is 0 Å². The lowest BCUT2D eigenvalue weighted by molar-refractivity contribution is 0.0773. The van der Waals surface area contributed by atoms with Gasteiger partial charge in [-0.1, -0.05) is 30.3 Å². The van der Waals surface area contributed by atoms with Crippen LogP contribution in [0.5, 0.6) is 0 Å². The second-order valence-corrected chi connectivity index (χ2v) is 7.20. The van der Waals surface area contributed by atoms with Gasteiger partial charge in [-0.15, -0.1) is 0 Å². The van der Waals surface area contributed by atoms with E-state index in [0.29, 0.717) is 6.54 Å². The van der Waals surface area contributed by atoms with Crippen LogP contribution in [0.15, 0.2) is 54.7 Å². The van der Waals surface area contributed by atoms with Gasteiger partial charge in [-0.05, 0) is 55.2 Å². The fourth-order valence-corrected chi connectivity index (χ4v) is 3.75. The molecule has 0 unspecified atom stereocenters. The first-order valence-corrected chi connectivity index (χ1v) is 9.14. The van der Waals surface area contributed by atoms with Crippen molar-refractivity contribution in [2.24, 2.45) is 7.05 Å². The zero-order valence-electron chi connectivity index (χ0n) is 15.6. The van der Waals surface area contributed by atoms with Crippen molar-refractivity contribution in [2.45, 2.75) is 20.3 Å². The quantitative estimate of drug-likeness (QED) is 0.660. The van der Waals surface area contributed by atoms with Gasteiger partial charge in [-0.2, -0.15) is 0 Å². The molecule has 2 aromatic carbocycles. The standard InChI is InChI=1S/C23H24N2O/c1-16-8-9-19(14-17(16)2)23(26)25-12-10-18(11-13-25)21-15-24(3)22-7-5-4-6-20(21)22/h4-10,14-15H,11-13H2,1-3H3. The lowest BCUT2D eigenvalue weighted by atomic mass is 9.98. The summed E-state index contributed by atoms with van der Waals surface area (Å²) in [4.78, 5) is 14.8. The average molecular weight is 344 g/mol. The summed E-state index contributed by atoms with van der Waals surface area (Å²) in [6, 6.07) is 14.5. The molecule has 0 saturated heterocycles. The van der Waals surface area contributed by atoms with Crippen LogP contribution in [0.3, 0.4) is 0 Å². The molecule has 3 heteroatoms. The van der Waals surface area contributed by atoms with Crippen molar-refractivity contribution in [1.29, 1.82) is 0 Å². The van der Waals surface area contributed by atoms with E-state index in [1.54, 1.807) is 0 Å². The highest BCUT2D eigenvalue weighted by Crippen LogP contribution is 2.30. The molecule has 1 amide bonds. The third kappa shape index (κ3) is 2.84. The molecular weight excluding hydrogens is 320 g/mol. The molecule has 0 fully saturated rings. The van der Waals surface area contributed by atoms with Crippen LogP contribution in [0.25, 0.3) is 16.5 Å². The summed E-state index contributed by atoms with van der Waals surface area (Å²) in [5, 5.41) is 1.29. The number of benzene rings is 2. The zero-order chi connectivity index (χ0) is 18.3. The minimum absolute atomic E-state index is 0.126. The molecule has 132 valence electrons. The Hall–Kier alpha value is -2.81. The van der Waals surface area contributed by atoms with Crippen LogP contribution in [0.1, 0.15) is 33.5 Å².